The minimum Gasteiger partial charge on any atom is -0.140 e. The van der Waals surface area contributed by atoms with E-state index in [2.05, 4.69) is 133 Å². The van der Waals surface area contributed by atoms with Gasteiger partial charge in [-0.25, -0.2) is 0 Å². The smallest absolute Gasteiger partial charge is 0.0345 e. The van der Waals surface area contributed by atoms with Crippen LogP contribution in [0.15, 0.2) is 133 Å². The van der Waals surface area contributed by atoms with Crippen LogP contribution in [0.25, 0.3) is 10.4 Å². The second-order valence-electron chi connectivity index (χ2n) is 12.2. The molecule has 0 spiro atoms. The van der Waals surface area contributed by atoms with Crippen LogP contribution in [-0.2, 0) is 21.7 Å². The van der Waals surface area contributed by atoms with Crippen LogP contribution in [0.3, 0.4) is 0 Å². The van der Waals surface area contributed by atoms with Crippen LogP contribution in [0.2, 0.25) is 0 Å². The molecule has 1 heterocycles. The summed E-state index contributed by atoms with van der Waals surface area (Å²) in [7, 11) is 0. The van der Waals surface area contributed by atoms with Gasteiger partial charge in [-0.3, -0.25) is 0 Å². The molecular formula is C37H32S. The maximum Gasteiger partial charge on any atom is 0.0345 e. The Kier molecular flexibility index (Phi) is 4.77. The van der Waals surface area contributed by atoms with Crippen molar-refractivity contribution in [1.29, 1.82) is 0 Å². The monoisotopic (exact) mass is 508 g/mol. The molecule has 9 rings (SSSR count). The van der Waals surface area contributed by atoms with Gasteiger partial charge >= 0.3 is 0 Å². The van der Waals surface area contributed by atoms with E-state index in [1.54, 1.807) is 21.6 Å². The molecule has 0 N–H and O–H groups in total. The second-order valence-corrected chi connectivity index (χ2v) is 13.3. The molecule has 0 amide bonds. The molecular weight excluding hydrogens is 476 g/mol. The SMILES string of the molecule is c1ccc(-c2ccc(C34CC5(c6ccccc6)CC(c6ccccc6)(C3)C(c3ccccc3)(C5)C4)s2)cc1. The van der Waals surface area contributed by atoms with Crippen molar-refractivity contribution in [3.63, 3.8) is 0 Å². The van der Waals surface area contributed by atoms with Crippen LogP contribution in [0, 0.1) is 0 Å². The number of thiophene rings is 1. The van der Waals surface area contributed by atoms with Crippen molar-refractivity contribution in [1.82, 2.24) is 0 Å². The Morgan fingerprint density at radius 2 is 0.842 bits per heavy atom. The Hall–Kier alpha value is -3.42. The van der Waals surface area contributed by atoms with E-state index in [4.69, 9.17) is 0 Å². The highest BCUT2D eigenvalue weighted by Crippen LogP contribution is 2.80. The summed E-state index contributed by atoms with van der Waals surface area (Å²) in [4.78, 5) is 2.99. The number of rotatable bonds is 5. The van der Waals surface area contributed by atoms with Gasteiger partial charge in [0.05, 0.1) is 0 Å². The lowest BCUT2D eigenvalue weighted by Crippen LogP contribution is -2.43. The molecule has 0 saturated heterocycles. The highest BCUT2D eigenvalue weighted by molar-refractivity contribution is 7.15. The second kappa shape index (κ2) is 8.04. The Bertz CT molecular complexity index is 1530. The summed E-state index contributed by atoms with van der Waals surface area (Å²) >= 11 is 2.05. The van der Waals surface area contributed by atoms with E-state index in [0.717, 1.165) is 0 Å². The lowest BCUT2D eigenvalue weighted by Gasteiger charge is -2.48. The first-order valence-electron chi connectivity index (χ1n) is 14.0. The molecule has 0 radical (unpaired) electrons. The number of hydrogen-bond donors (Lipinski definition) is 0. The lowest BCUT2D eigenvalue weighted by molar-refractivity contribution is 0.179. The quantitative estimate of drug-likeness (QED) is 0.222. The van der Waals surface area contributed by atoms with Gasteiger partial charge in [-0.2, -0.15) is 0 Å². The zero-order chi connectivity index (χ0) is 25.3. The molecule has 4 bridgehead atoms. The van der Waals surface area contributed by atoms with Crippen LogP contribution < -0.4 is 0 Å². The summed E-state index contributed by atoms with van der Waals surface area (Å²) in [6.45, 7) is 0. The van der Waals surface area contributed by atoms with Crippen molar-refractivity contribution in [2.45, 2.75) is 53.8 Å². The van der Waals surface area contributed by atoms with Crippen LogP contribution in [-0.4, -0.2) is 0 Å². The van der Waals surface area contributed by atoms with Crippen LogP contribution in [0.4, 0.5) is 0 Å². The molecule has 38 heavy (non-hydrogen) atoms. The topological polar surface area (TPSA) is 0 Å². The predicted octanol–water partition coefficient (Wildman–Crippen LogP) is 9.46. The fraction of sp³-hybridized carbons (Fsp3) is 0.243. The Labute approximate surface area is 230 Å². The van der Waals surface area contributed by atoms with Crippen LogP contribution in [0.1, 0.15) is 53.7 Å². The number of benzene rings is 4. The molecule has 4 fully saturated rings. The summed E-state index contributed by atoms with van der Waals surface area (Å²) in [5.41, 5.74) is 6.58. The minimum atomic E-state index is 0.126. The highest BCUT2D eigenvalue weighted by Gasteiger charge is 2.77. The zero-order valence-electron chi connectivity index (χ0n) is 21.6. The normalized spacial score (nSPS) is 31.1. The maximum atomic E-state index is 2.48. The Balaban J connectivity index is 1.38. The van der Waals surface area contributed by atoms with E-state index in [1.807, 2.05) is 11.3 Å². The maximum absolute atomic E-state index is 2.48. The van der Waals surface area contributed by atoms with Crippen molar-refractivity contribution >= 4 is 11.3 Å². The largest absolute Gasteiger partial charge is 0.140 e. The van der Waals surface area contributed by atoms with Crippen molar-refractivity contribution in [2.24, 2.45) is 0 Å². The summed E-state index contributed by atoms with van der Waals surface area (Å²) in [5.74, 6) is 0. The summed E-state index contributed by atoms with van der Waals surface area (Å²) in [5, 5.41) is 0. The first-order valence-corrected chi connectivity index (χ1v) is 14.8. The van der Waals surface area contributed by atoms with Gasteiger partial charge in [0.2, 0.25) is 0 Å². The third kappa shape index (κ3) is 2.97. The van der Waals surface area contributed by atoms with E-state index >= 15 is 0 Å². The Morgan fingerprint density at radius 3 is 1.37 bits per heavy atom. The Morgan fingerprint density at radius 1 is 0.395 bits per heavy atom. The third-order valence-corrected chi connectivity index (χ3v) is 11.8. The van der Waals surface area contributed by atoms with E-state index in [9.17, 15) is 0 Å². The number of hydrogen-bond acceptors (Lipinski definition) is 1. The van der Waals surface area contributed by atoms with Gasteiger partial charge in [-0.05, 0) is 71.9 Å². The average molecular weight is 509 g/mol. The third-order valence-electron chi connectivity index (χ3n) is 10.4. The molecule has 2 unspecified atom stereocenters. The zero-order valence-corrected chi connectivity index (χ0v) is 22.5. The molecule has 1 heteroatoms. The molecule has 5 aromatic rings. The van der Waals surface area contributed by atoms with Crippen LogP contribution >= 0.6 is 11.3 Å². The molecule has 0 nitrogen and oxygen atoms in total. The first kappa shape index (κ1) is 22.6. The van der Waals surface area contributed by atoms with Crippen molar-refractivity contribution in [3.05, 3.63) is 155 Å². The van der Waals surface area contributed by atoms with Gasteiger partial charge in [-0.15, -0.1) is 11.3 Å². The molecule has 0 aliphatic heterocycles. The molecule has 186 valence electrons. The van der Waals surface area contributed by atoms with Gasteiger partial charge in [0.1, 0.15) is 0 Å². The fourth-order valence-corrected chi connectivity index (χ4v) is 10.5. The van der Waals surface area contributed by atoms with Gasteiger partial charge in [0.15, 0.2) is 0 Å². The fourth-order valence-electron chi connectivity index (χ4n) is 9.35. The van der Waals surface area contributed by atoms with E-state index < -0.39 is 0 Å². The van der Waals surface area contributed by atoms with E-state index in [0.29, 0.717) is 0 Å². The molecule has 4 aromatic carbocycles. The van der Waals surface area contributed by atoms with Crippen molar-refractivity contribution in [2.75, 3.05) is 0 Å². The van der Waals surface area contributed by atoms with Gasteiger partial charge < -0.3 is 0 Å². The summed E-state index contributed by atoms with van der Waals surface area (Å²) in [6.07, 6.45) is 6.20. The average Bonchev–Trinajstić information content (AvgIpc) is 3.63. The van der Waals surface area contributed by atoms with Crippen LogP contribution in [0.5, 0.6) is 0 Å². The van der Waals surface area contributed by atoms with Gasteiger partial charge in [-0.1, -0.05) is 121 Å². The van der Waals surface area contributed by atoms with Gasteiger partial charge in [0.25, 0.3) is 0 Å². The lowest BCUT2D eigenvalue weighted by atomic mass is 9.56. The molecule has 2 atom stereocenters. The summed E-state index contributed by atoms with van der Waals surface area (Å²) in [6, 6.07) is 50.5. The molecule has 1 aromatic heterocycles. The summed E-state index contributed by atoms with van der Waals surface area (Å²) < 4.78 is 0. The molecule has 4 aliphatic rings. The van der Waals surface area contributed by atoms with Crippen molar-refractivity contribution < 1.29 is 0 Å². The predicted molar refractivity (Wildman–Crippen MR) is 159 cm³/mol. The van der Waals surface area contributed by atoms with Gasteiger partial charge in [0, 0.05) is 26.0 Å². The van der Waals surface area contributed by atoms with E-state index in [1.165, 1.54) is 42.5 Å². The first-order chi connectivity index (χ1) is 18.7. The highest BCUT2D eigenvalue weighted by atomic mass is 32.1. The standard InChI is InChI=1S/C37H32S/c1-5-13-28(14-6-1)32-21-22-33(38-32)35-23-34(29-15-7-2-8-16-29)24-36(26-35,30-17-9-3-10-18-30)37(25-34,27-35)31-19-11-4-12-20-31/h1-22H,23-27H2. The minimum absolute atomic E-state index is 0.126. The molecule has 4 saturated carbocycles. The van der Waals surface area contributed by atoms with Crippen molar-refractivity contribution in [3.8, 4) is 10.4 Å². The van der Waals surface area contributed by atoms with E-state index in [-0.39, 0.29) is 21.7 Å². The molecule has 4 aliphatic carbocycles.